The third-order valence-corrected chi connectivity index (χ3v) is 5.53. The molecule has 1 amide bonds. The van der Waals surface area contributed by atoms with Crippen LogP contribution in [0.2, 0.25) is 0 Å². The van der Waals surface area contributed by atoms with Crippen LogP contribution in [0.25, 0.3) is 10.9 Å². The molecular formula is C22H24N4O3. The smallest absolute Gasteiger partial charge is 0.329 e. The molecule has 4 rings (SSSR count). The summed E-state index contributed by atoms with van der Waals surface area (Å²) in [6.07, 6.45) is 0. The van der Waals surface area contributed by atoms with E-state index >= 15 is 0 Å². The average molecular weight is 392 g/mol. The summed E-state index contributed by atoms with van der Waals surface area (Å²) in [7, 11) is 0. The van der Waals surface area contributed by atoms with Crippen LogP contribution in [0.3, 0.4) is 0 Å². The Labute approximate surface area is 168 Å². The van der Waals surface area contributed by atoms with Gasteiger partial charge in [-0.05, 0) is 36.4 Å². The van der Waals surface area contributed by atoms with Crippen molar-refractivity contribution >= 4 is 16.8 Å². The van der Waals surface area contributed by atoms with E-state index in [0.29, 0.717) is 16.5 Å². The van der Waals surface area contributed by atoms with Crippen LogP contribution in [0.1, 0.15) is 22.8 Å². The third kappa shape index (κ3) is 3.86. The van der Waals surface area contributed by atoms with Crippen molar-refractivity contribution in [1.82, 2.24) is 19.4 Å². The molecule has 29 heavy (non-hydrogen) atoms. The minimum absolute atomic E-state index is 0.0151. The number of carbonyl (C=O) groups excluding carboxylic acids is 1. The predicted molar refractivity (Wildman–Crippen MR) is 112 cm³/mol. The van der Waals surface area contributed by atoms with E-state index in [2.05, 4.69) is 16.8 Å². The first-order valence-electron chi connectivity index (χ1n) is 9.89. The number of piperazine rings is 1. The van der Waals surface area contributed by atoms with Crippen LogP contribution >= 0.6 is 0 Å². The van der Waals surface area contributed by atoms with Gasteiger partial charge >= 0.3 is 5.69 Å². The van der Waals surface area contributed by atoms with Crippen molar-refractivity contribution in [3.63, 3.8) is 0 Å². The average Bonchev–Trinajstić information content (AvgIpc) is 2.76. The molecule has 1 N–H and O–H groups in total. The normalized spacial score (nSPS) is 15.0. The maximum atomic E-state index is 12.9. The fourth-order valence-electron chi connectivity index (χ4n) is 3.83. The van der Waals surface area contributed by atoms with Crippen LogP contribution in [0.15, 0.2) is 58.1 Å². The highest BCUT2D eigenvalue weighted by atomic mass is 16.2. The highest BCUT2D eigenvalue weighted by Gasteiger charge is 2.21. The number of para-hydroxylation sites is 1. The van der Waals surface area contributed by atoms with Gasteiger partial charge in [-0.25, -0.2) is 4.79 Å². The Kier molecular flexibility index (Phi) is 5.31. The monoisotopic (exact) mass is 392 g/mol. The molecule has 7 heteroatoms. The van der Waals surface area contributed by atoms with Crippen molar-refractivity contribution < 1.29 is 4.79 Å². The van der Waals surface area contributed by atoms with Gasteiger partial charge in [-0.15, -0.1) is 0 Å². The van der Waals surface area contributed by atoms with Crippen LogP contribution in [-0.2, 0) is 6.54 Å². The van der Waals surface area contributed by atoms with Gasteiger partial charge in [0, 0.05) is 31.7 Å². The molecule has 0 atom stereocenters. The van der Waals surface area contributed by atoms with Gasteiger partial charge in [-0.2, -0.15) is 0 Å². The number of aromatic amines is 1. The molecular weight excluding hydrogens is 368 g/mol. The first-order valence-corrected chi connectivity index (χ1v) is 9.89. The molecule has 0 unspecified atom stereocenters. The summed E-state index contributed by atoms with van der Waals surface area (Å²) in [5.41, 5.74) is 1.18. The Morgan fingerprint density at radius 2 is 1.76 bits per heavy atom. The molecule has 1 aromatic heterocycles. The van der Waals surface area contributed by atoms with E-state index in [-0.39, 0.29) is 12.5 Å². The summed E-state index contributed by atoms with van der Waals surface area (Å²) in [4.78, 5) is 44.0. The number of likely N-dealkylation sites (N-methyl/N-ethyl adjacent to an activating group) is 1. The van der Waals surface area contributed by atoms with E-state index in [0.717, 1.165) is 38.3 Å². The second-order valence-corrected chi connectivity index (χ2v) is 7.29. The lowest BCUT2D eigenvalue weighted by Crippen LogP contribution is -2.48. The Morgan fingerprint density at radius 3 is 2.52 bits per heavy atom. The Balaban J connectivity index is 1.61. The van der Waals surface area contributed by atoms with Gasteiger partial charge in [-0.3, -0.25) is 19.1 Å². The Hall–Kier alpha value is -3.19. The highest BCUT2D eigenvalue weighted by Crippen LogP contribution is 2.14. The molecule has 0 spiro atoms. The SMILES string of the molecule is CCN1CCN(C(=O)c2cccc(Cn3c(=O)[nH]c(=O)c4ccccc43)c2)CC1. The summed E-state index contributed by atoms with van der Waals surface area (Å²) in [5, 5.41) is 0.466. The minimum atomic E-state index is -0.457. The number of hydrogen-bond acceptors (Lipinski definition) is 4. The predicted octanol–water partition coefficient (Wildman–Crippen LogP) is 1.52. The number of carbonyl (C=O) groups is 1. The van der Waals surface area contributed by atoms with E-state index in [1.165, 1.54) is 4.57 Å². The molecule has 0 aliphatic carbocycles. The first-order chi connectivity index (χ1) is 14.1. The maximum absolute atomic E-state index is 12.9. The largest absolute Gasteiger partial charge is 0.336 e. The molecule has 3 aromatic rings. The Bertz CT molecular complexity index is 1160. The number of aromatic nitrogens is 2. The molecule has 2 heterocycles. The van der Waals surface area contributed by atoms with Crippen molar-refractivity contribution in [2.24, 2.45) is 0 Å². The number of amides is 1. The number of rotatable bonds is 4. The van der Waals surface area contributed by atoms with Gasteiger partial charge in [0.1, 0.15) is 0 Å². The molecule has 0 saturated carbocycles. The fourth-order valence-corrected chi connectivity index (χ4v) is 3.83. The van der Waals surface area contributed by atoms with Crippen molar-refractivity contribution in [3.05, 3.63) is 80.5 Å². The van der Waals surface area contributed by atoms with Crippen LogP contribution in [-0.4, -0.2) is 58.0 Å². The Morgan fingerprint density at radius 1 is 1.00 bits per heavy atom. The van der Waals surface area contributed by atoms with Crippen molar-refractivity contribution in [1.29, 1.82) is 0 Å². The molecule has 7 nitrogen and oxygen atoms in total. The van der Waals surface area contributed by atoms with Gasteiger partial charge in [0.25, 0.3) is 11.5 Å². The molecule has 1 aliphatic rings. The van der Waals surface area contributed by atoms with E-state index in [1.54, 1.807) is 24.3 Å². The number of fused-ring (bicyclic) bond motifs is 1. The second kappa shape index (κ2) is 8.05. The first kappa shape index (κ1) is 19.1. The van der Waals surface area contributed by atoms with Gasteiger partial charge in [0.05, 0.1) is 17.4 Å². The maximum Gasteiger partial charge on any atom is 0.329 e. The third-order valence-electron chi connectivity index (χ3n) is 5.53. The van der Waals surface area contributed by atoms with E-state index in [9.17, 15) is 14.4 Å². The number of nitrogens with one attached hydrogen (secondary N) is 1. The second-order valence-electron chi connectivity index (χ2n) is 7.29. The zero-order valence-electron chi connectivity index (χ0n) is 16.4. The zero-order chi connectivity index (χ0) is 20.4. The summed E-state index contributed by atoms with van der Waals surface area (Å²) < 4.78 is 1.53. The van der Waals surface area contributed by atoms with E-state index in [1.807, 2.05) is 29.2 Å². The van der Waals surface area contributed by atoms with Crippen molar-refractivity contribution in [3.8, 4) is 0 Å². The van der Waals surface area contributed by atoms with E-state index < -0.39 is 11.2 Å². The minimum Gasteiger partial charge on any atom is -0.336 e. The highest BCUT2D eigenvalue weighted by molar-refractivity contribution is 5.94. The summed E-state index contributed by atoms with van der Waals surface area (Å²) in [6, 6.07) is 14.4. The summed E-state index contributed by atoms with van der Waals surface area (Å²) >= 11 is 0. The van der Waals surface area contributed by atoms with Crippen LogP contribution in [0.5, 0.6) is 0 Å². The molecule has 2 aromatic carbocycles. The topological polar surface area (TPSA) is 78.4 Å². The van der Waals surface area contributed by atoms with E-state index in [4.69, 9.17) is 0 Å². The zero-order valence-corrected chi connectivity index (χ0v) is 16.4. The number of benzene rings is 2. The summed E-state index contributed by atoms with van der Waals surface area (Å²) in [6.45, 7) is 6.63. The molecule has 150 valence electrons. The molecule has 1 fully saturated rings. The van der Waals surface area contributed by atoms with Crippen LogP contribution in [0.4, 0.5) is 0 Å². The van der Waals surface area contributed by atoms with Crippen molar-refractivity contribution in [2.45, 2.75) is 13.5 Å². The van der Waals surface area contributed by atoms with Crippen LogP contribution < -0.4 is 11.2 Å². The molecule has 0 radical (unpaired) electrons. The van der Waals surface area contributed by atoms with Gasteiger partial charge in [0.15, 0.2) is 0 Å². The summed E-state index contributed by atoms with van der Waals surface area (Å²) in [5.74, 6) is 0.0151. The standard InChI is InChI=1S/C22H24N4O3/c1-2-24-10-12-25(13-11-24)21(28)17-7-5-6-16(14-17)15-26-19-9-4-3-8-18(19)20(27)23-22(26)29/h3-9,14H,2,10-13,15H2,1H3,(H,23,27,29). The fraction of sp³-hybridized carbons (Fsp3) is 0.318. The number of hydrogen-bond donors (Lipinski definition) is 1. The molecule has 1 aliphatic heterocycles. The molecule has 0 bridgehead atoms. The van der Waals surface area contributed by atoms with Gasteiger partial charge in [0.2, 0.25) is 0 Å². The number of nitrogens with zero attached hydrogens (tertiary/aromatic N) is 3. The number of H-pyrrole nitrogens is 1. The molecule has 1 saturated heterocycles. The van der Waals surface area contributed by atoms with Gasteiger partial charge in [-0.1, -0.05) is 31.2 Å². The lowest BCUT2D eigenvalue weighted by Gasteiger charge is -2.34. The van der Waals surface area contributed by atoms with Crippen LogP contribution in [0, 0.1) is 0 Å². The van der Waals surface area contributed by atoms with Gasteiger partial charge < -0.3 is 9.80 Å². The quantitative estimate of drug-likeness (QED) is 0.730. The lowest BCUT2D eigenvalue weighted by molar-refractivity contribution is 0.0643. The lowest BCUT2D eigenvalue weighted by atomic mass is 10.1. The van der Waals surface area contributed by atoms with Crippen molar-refractivity contribution in [2.75, 3.05) is 32.7 Å².